The maximum Gasteiger partial charge on any atom is 0 e. The van der Waals surface area contributed by atoms with Crippen molar-refractivity contribution in [1.82, 2.24) is 4.90 Å². The van der Waals surface area contributed by atoms with E-state index in [0.717, 1.165) is 0 Å². The third-order valence-electron chi connectivity index (χ3n) is 3.54. The topological polar surface area (TPSA) is 3.24 Å². The van der Waals surface area contributed by atoms with Crippen molar-refractivity contribution >= 4 is 9.90 Å². The van der Waals surface area contributed by atoms with Crippen LogP contribution >= 0.6 is 9.90 Å². The Hall–Kier alpha value is 1.69. The molecule has 0 aliphatic carbocycles. The molecule has 4 aromatic carbocycles. The minimum Gasteiger partial charge on any atom is -0.464 e. The standard InChI is InChI=1S/4C7H7.C3H8N.CH3.H3P.4Y/c4*1-7-5-3-2-4-6-7;1-4(2)3;;;;;;/h4*3-6H,1H3;1H2,2-3H3;2*1H3;;;;/q6*-1;;;;;. The summed E-state index contributed by atoms with van der Waals surface area (Å²) in [6.45, 7) is 8.25. The number of benzene rings is 4. The summed E-state index contributed by atoms with van der Waals surface area (Å²) in [4.78, 5) is 1.75. The quantitative estimate of drug-likeness (QED) is 0.128. The van der Waals surface area contributed by atoms with Crippen LogP contribution in [0.15, 0.2) is 97.1 Å². The molecule has 0 spiro atoms. The molecule has 0 N–H and O–H groups in total. The van der Waals surface area contributed by atoms with Gasteiger partial charge < -0.3 is 12.3 Å². The fourth-order valence-electron chi connectivity index (χ4n) is 1.88. The minimum atomic E-state index is 0. The molecule has 0 heterocycles. The van der Waals surface area contributed by atoms with Gasteiger partial charge in [0, 0.05) is 131 Å². The Morgan fingerprint density at radius 3 is 0.605 bits per heavy atom. The van der Waals surface area contributed by atoms with Crippen molar-refractivity contribution < 1.29 is 131 Å². The summed E-state index contributed by atoms with van der Waals surface area (Å²) in [6.07, 6.45) is 0. The molecule has 1 atom stereocenters. The van der Waals surface area contributed by atoms with Crippen LogP contribution in [0.25, 0.3) is 0 Å². The number of hydrogen-bond donors (Lipinski definition) is 0. The summed E-state index contributed by atoms with van der Waals surface area (Å²) in [5.41, 5.74) is 5.16. The van der Waals surface area contributed by atoms with E-state index in [2.05, 4.69) is 59.0 Å². The van der Waals surface area contributed by atoms with Gasteiger partial charge in [-0.2, -0.15) is 153 Å². The smallest absolute Gasteiger partial charge is 0 e. The van der Waals surface area contributed by atoms with Crippen LogP contribution in [0.5, 0.6) is 0 Å². The summed E-state index contributed by atoms with van der Waals surface area (Å²) in [5.74, 6) is 0. The number of nitrogens with zero attached hydrogens (tertiary/aromatic N) is 1. The summed E-state index contributed by atoms with van der Waals surface area (Å²) >= 11 is 0. The van der Waals surface area contributed by atoms with Crippen LogP contribution in [0.1, 0.15) is 22.3 Å². The largest absolute Gasteiger partial charge is 0.464 e. The molecule has 4 rings (SSSR count). The molecule has 6 heteroatoms. The zero-order valence-electron chi connectivity index (χ0n) is 24.4. The van der Waals surface area contributed by atoms with Crippen LogP contribution in [-0.4, -0.2) is 19.0 Å². The Morgan fingerprint density at radius 2 is 0.553 bits per heavy atom. The van der Waals surface area contributed by atoms with E-state index in [0.29, 0.717) is 0 Å². The molecular weight excluding hydrogens is 785 g/mol. The molecule has 0 aromatic heterocycles. The third-order valence-corrected chi connectivity index (χ3v) is 3.54. The van der Waals surface area contributed by atoms with E-state index < -0.39 is 0 Å². The summed E-state index contributed by atoms with van der Waals surface area (Å²) < 4.78 is 0. The van der Waals surface area contributed by atoms with Gasteiger partial charge in [-0.25, -0.2) is 0 Å². The van der Waals surface area contributed by atoms with Crippen molar-refractivity contribution in [2.45, 2.75) is 27.7 Å². The predicted molar refractivity (Wildman–Crippen MR) is 157 cm³/mol. The summed E-state index contributed by atoms with van der Waals surface area (Å²) in [6, 6.07) is 43.3. The molecule has 0 fully saturated rings. The van der Waals surface area contributed by atoms with Crippen molar-refractivity contribution in [2.24, 2.45) is 0 Å². The molecule has 198 valence electrons. The second kappa shape index (κ2) is 40.8. The van der Waals surface area contributed by atoms with Gasteiger partial charge in [-0.3, -0.25) is 7.05 Å². The van der Waals surface area contributed by atoms with Crippen molar-refractivity contribution in [3.63, 3.8) is 0 Å². The van der Waals surface area contributed by atoms with Crippen LogP contribution in [0.4, 0.5) is 0 Å². The molecule has 0 saturated carbocycles. The molecular formula is C32H42NPY4-6. The average molecular weight is 827 g/mol. The average Bonchev–Trinajstić information content (AvgIpc) is 2.77. The van der Waals surface area contributed by atoms with E-state index >= 15 is 0 Å². The van der Waals surface area contributed by atoms with Crippen molar-refractivity contribution in [2.75, 3.05) is 14.1 Å². The monoisotopic (exact) mass is 827 g/mol. The Morgan fingerprint density at radius 1 is 0.447 bits per heavy atom. The summed E-state index contributed by atoms with van der Waals surface area (Å²) in [7, 11) is 7.25. The second-order valence-electron chi connectivity index (χ2n) is 7.39. The first kappa shape index (κ1) is 55.6. The van der Waals surface area contributed by atoms with E-state index in [9.17, 15) is 0 Å². The molecule has 0 aliphatic rings. The molecule has 1 unspecified atom stereocenters. The first-order valence-electron chi connectivity index (χ1n) is 10.5. The number of hydrogen-bond acceptors (Lipinski definition) is 1. The summed E-state index contributed by atoms with van der Waals surface area (Å²) in [5, 5.41) is 0. The van der Waals surface area contributed by atoms with Gasteiger partial charge in [-0.15, -0.1) is 0 Å². The third kappa shape index (κ3) is 44.7. The van der Waals surface area contributed by atoms with Gasteiger partial charge in [0.25, 0.3) is 0 Å². The van der Waals surface area contributed by atoms with Crippen LogP contribution < -0.4 is 0 Å². The Labute approximate surface area is 340 Å². The SMILES string of the molecule is Cc1cc[c-]cc1.Cc1cc[c-]cc1.Cc1cc[c-]cc1.Cc1cc[c-]cc1.P.[CH2-]N(C)C.[CH3-].[Y].[Y].[Y].[Y]. The van der Waals surface area contributed by atoms with Gasteiger partial charge >= 0.3 is 0 Å². The molecule has 0 saturated heterocycles. The molecule has 4 aromatic rings. The van der Waals surface area contributed by atoms with Gasteiger partial charge in [0.1, 0.15) is 0 Å². The molecule has 0 amide bonds. The van der Waals surface area contributed by atoms with E-state index in [1.54, 1.807) is 4.90 Å². The van der Waals surface area contributed by atoms with Gasteiger partial charge in [-0.05, 0) is 14.1 Å². The maximum absolute atomic E-state index is 3.47. The van der Waals surface area contributed by atoms with Crippen LogP contribution in [0, 0.1) is 66.4 Å². The number of aryl methyl sites for hydroxylation is 4. The molecule has 0 bridgehead atoms. The van der Waals surface area contributed by atoms with Crippen molar-refractivity contribution in [3.8, 4) is 0 Å². The zero-order chi connectivity index (χ0) is 24.0. The van der Waals surface area contributed by atoms with Crippen LogP contribution in [-0.2, 0) is 131 Å². The molecule has 0 aliphatic heterocycles. The van der Waals surface area contributed by atoms with Gasteiger partial charge in [0.05, 0.1) is 0 Å². The predicted octanol–water partition coefficient (Wildman–Crippen LogP) is 8.02. The first-order chi connectivity index (χ1) is 15.3. The zero-order valence-corrected chi connectivity index (χ0v) is 37.2. The van der Waals surface area contributed by atoms with Gasteiger partial charge in [0.15, 0.2) is 0 Å². The van der Waals surface area contributed by atoms with Crippen molar-refractivity contribution in [3.05, 3.63) is 158 Å². The first-order valence-corrected chi connectivity index (χ1v) is 10.5. The van der Waals surface area contributed by atoms with E-state index in [1.807, 2.05) is 111 Å². The van der Waals surface area contributed by atoms with E-state index in [-0.39, 0.29) is 148 Å². The van der Waals surface area contributed by atoms with Crippen LogP contribution in [0.3, 0.4) is 0 Å². The Balaban J connectivity index is -0.0000000615. The van der Waals surface area contributed by atoms with Crippen LogP contribution in [0.2, 0.25) is 0 Å². The normalized spacial score (nSPS) is 7.37. The van der Waals surface area contributed by atoms with Gasteiger partial charge in [-0.1, -0.05) is 27.7 Å². The van der Waals surface area contributed by atoms with Gasteiger partial charge in [0.2, 0.25) is 0 Å². The van der Waals surface area contributed by atoms with Crippen molar-refractivity contribution in [1.29, 1.82) is 0 Å². The number of rotatable bonds is 0. The maximum atomic E-state index is 3.47. The molecule has 4 radical (unpaired) electrons. The Bertz CT molecular complexity index is 743. The molecule has 1 nitrogen and oxygen atoms in total. The van der Waals surface area contributed by atoms with E-state index in [4.69, 9.17) is 0 Å². The minimum absolute atomic E-state index is 0. The Kier molecular flexibility index (Phi) is 59.7. The van der Waals surface area contributed by atoms with E-state index in [1.165, 1.54) is 22.3 Å². The fraction of sp³-hybridized carbons (Fsp3) is 0.188. The molecule has 38 heavy (non-hydrogen) atoms. The second-order valence-corrected chi connectivity index (χ2v) is 7.39. The fourth-order valence-corrected chi connectivity index (χ4v) is 1.88.